The fraction of sp³-hybridized carbons (Fsp3) is 0.462. The summed E-state index contributed by atoms with van der Waals surface area (Å²) in [4.78, 5) is 49.9. The van der Waals surface area contributed by atoms with Crippen LogP contribution in [-0.4, -0.2) is 30.7 Å². The van der Waals surface area contributed by atoms with Crippen molar-refractivity contribution in [2.45, 2.75) is 31.9 Å². The summed E-state index contributed by atoms with van der Waals surface area (Å²) in [6, 6.07) is 8.45. The van der Waals surface area contributed by atoms with Crippen molar-refractivity contribution in [3.05, 3.63) is 35.9 Å². The molecule has 0 unspecified atom stereocenters. The van der Waals surface area contributed by atoms with Gasteiger partial charge in [-0.25, -0.2) is 4.79 Å². The van der Waals surface area contributed by atoms with E-state index >= 15 is 0 Å². The Bertz CT molecular complexity index is 629. The molecule has 0 fully saturated rings. The first-order valence-electron chi connectivity index (χ1n) is 6.99. The van der Waals surface area contributed by atoms with Crippen LogP contribution in [0.15, 0.2) is 30.3 Å². The fourth-order valence-corrected chi connectivity index (χ4v) is 5.13. The Kier molecular flexibility index (Phi) is 6.75. The molecule has 1 amide bonds. The lowest BCUT2D eigenvalue weighted by Crippen LogP contribution is -2.49. The molecule has 0 aliphatic heterocycles. The number of benzene rings is 1. The van der Waals surface area contributed by atoms with E-state index in [2.05, 4.69) is 0 Å². The van der Waals surface area contributed by atoms with E-state index in [1.807, 2.05) is 0 Å². The molecule has 5 N–H and O–H groups in total. The number of hydrogen-bond acceptors (Lipinski definition) is 4. The van der Waals surface area contributed by atoms with Gasteiger partial charge in [0.25, 0.3) is 0 Å². The molecule has 0 spiro atoms. The van der Waals surface area contributed by atoms with Crippen molar-refractivity contribution >= 4 is 21.3 Å². The number of rotatable bonds is 7. The summed E-state index contributed by atoms with van der Waals surface area (Å²) in [5, 5.41) is -1.30. The summed E-state index contributed by atoms with van der Waals surface area (Å²) in [6.45, 7) is 2.81. The molecule has 0 aliphatic carbocycles. The SMILES string of the molecule is CC(C)CC(NC(=O)OCc1ccccc1)(P(=O)(O)O)P(=O)(O)O. The second-order valence-electron chi connectivity index (χ2n) is 5.69. The molecule has 11 heteroatoms. The van der Waals surface area contributed by atoms with Crippen molar-refractivity contribution in [1.82, 2.24) is 5.32 Å². The molecule has 136 valence electrons. The van der Waals surface area contributed by atoms with Crippen LogP contribution in [0.5, 0.6) is 0 Å². The molecule has 1 aromatic carbocycles. The molecule has 0 saturated carbocycles. The third-order valence-electron chi connectivity index (χ3n) is 3.17. The van der Waals surface area contributed by atoms with Gasteiger partial charge in [0, 0.05) is 0 Å². The first-order valence-corrected chi connectivity index (χ1v) is 10.2. The molecule has 0 radical (unpaired) electrons. The summed E-state index contributed by atoms with van der Waals surface area (Å²) in [5.74, 6) is -0.514. The third-order valence-corrected chi connectivity index (χ3v) is 7.25. The van der Waals surface area contributed by atoms with Crippen LogP contribution in [0.1, 0.15) is 25.8 Å². The van der Waals surface area contributed by atoms with Gasteiger partial charge in [0.1, 0.15) is 6.61 Å². The normalized spacial score (nSPS) is 13.0. The minimum atomic E-state index is -5.41. The van der Waals surface area contributed by atoms with Crippen LogP contribution in [0.25, 0.3) is 0 Å². The van der Waals surface area contributed by atoms with Crippen LogP contribution in [0.3, 0.4) is 0 Å². The van der Waals surface area contributed by atoms with E-state index in [1.165, 1.54) is 13.8 Å². The highest BCUT2D eigenvalue weighted by Gasteiger charge is 2.61. The zero-order valence-corrected chi connectivity index (χ0v) is 15.0. The molecular formula is C13H21NO8P2. The van der Waals surface area contributed by atoms with Crippen molar-refractivity contribution in [2.75, 3.05) is 0 Å². The number of carbonyl (C=O) groups is 1. The average molecular weight is 381 g/mol. The minimum Gasteiger partial charge on any atom is -0.445 e. The van der Waals surface area contributed by atoms with Gasteiger partial charge in [-0.2, -0.15) is 0 Å². The summed E-state index contributed by atoms with van der Waals surface area (Å²) in [6.07, 6.45) is -1.95. The Morgan fingerprint density at radius 1 is 1.12 bits per heavy atom. The van der Waals surface area contributed by atoms with Gasteiger partial charge in [-0.05, 0) is 17.9 Å². The van der Waals surface area contributed by atoms with Gasteiger partial charge in [0.2, 0.25) is 5.02 Å². The number of amides is 1. The molecule has 0 aromatic heterocycles. The highest BCUT2D eigenvalue weighted by atomic mass is 31.2. The van der Waals surface area contributed by atoms with Crippen LogP contribution in [0, 0.1) is 5.92 Å². The Morgan fingerprint density at radius 3 is 2.04 bits per heavy atom. The lowest BCUT2D eigenvalue weighted by atomic mass is 10.1. The van der Waals surface area contributed by atoms with Crippen molar-refractivity contribution in [1.29, 1.82) is 0 Å². The maximum Gasteiger partial charge on any atom is 0.408 e. The lowest BCUT2D eigenvalue weighted by molar-refractivity contribution is 0.130. The highest BCUT2D eigenvalue weighted by molar-refractivity contribution is 7.72. The Labute approximate surface area is 139 Å². The molecule has 9 nitrogen and oxygen atoms in total. The predicted molar refractivity (Wildman–Crippen MR) is 86.0 cm³/mol. The second kappa shape index (κ2) is 7.78. The van der Waals surface area contributed by atoms with Gasteiger partial charge in [-0.3, -0.25) is 14.4 Å². The topological polar surface area (TPSA) is 153 Å². The van der Waals surface area contributed by atoms with Crippen LogP contribution in [0.4, 0.5) is 4.79 Å². The van der Waals surface area contributed by atoms with Gasteiger partial charge in [0.05, 0.1) is 0 Å². The lowest BCUT2D eigenvalue weighted by Gasteiger charge is -2.35. The molecule has 1 aromatic rings. The number of hydrogen-bond donors (Lipinski definition) is 5. The fourth-order valence-electron chi connectivity index (χ4n) is 2.10. The largest absolute Gasteiger partial charge is 0.445 e. The van der Waals surface area contributed by atoms with Crippen LogP contribution in [-0.2, 0) is 20.5 Å². The quantitative estimate of drug-likeness (QED) is 0.449. The van der Waals surface area contributed by atoms with Crippen LogP contribution < -0.4 is 5.32 Å². The molecule has 0 heterocycles. The number of ether oxygens (including phenoxy) is 1. The third kappa shape index (κ3) is 5.14. The second-order valence-corrected chi connectivity index (χ2v) is 9.75. The molecule has 1 rings (SSSR count). The van der Waals surface area contributed by atoms with Gasteiger partial charge in [-0.15, -0.1) is 0 Å². The van der Waals surface area contributed by atoms with Gasteiger partial charge in [0.15, 0.2) is 0 Å². The van der Waals surface area contributed by atoms with Crippen molar-refractivity contribution in [2.24, 2.45) is 5.92 Å². The van der Waals surface area contributed by atoms with Crippen LogP contribution in [0.2, 0.25) is 0 Å². The Morgan fingerprint density at radius 2 is 1.62 bits per heavy atom. The monoisotopic (exact) mass is 381 g/mol. The summed E-state index contributed by atoms with van der Waals surface area (Å²) in [5.41, 5.74) is 0.606. The van der Waals surface area contributed by atoms with E-state index in [0.29, 0.717) is 5.56 Å². The van der Waals surface area contributed by atoms with Crippen LogP contribution >= 0.6 is 15.2 Å². The van der Waals surface area contributed by atoms with E-state index in [0.717, 1.165) is 0 Å². The van der Waals surface area contributed by atoms with Gasteiger partial charge in [-0.1, -0.05) is 44.2 Å². The standard InChI is InChI=1S/C13H21NO8P2/c1-10(2)8-13(23(16,17)18,24(19,20)21)14-12(15)22-9-11-6-4-3-5-7-11/h3-7,10H,8-9H2,1-2H3,(H,14,15)(H2,16,17,18)(H2,19,20,21). The number of nitrogens with one attached hydrogen (secondary N) is 1. The van der Waals surface area contributed by atoms with E-state index in [-0.39, 0.29) is 6.61 Å². The summed E-state index contributed by atoms with van der Waals surface area (Å²) in [7, 11) is -10.8. The number of carbonyl (C=O) groups excluding carboxylic acids is 1. The van der Waals surface area contributed by atoms with E-state index in [9.17, 15) is 33.5 Å². The van der Waals surface area contributed by atoms with Crippen molar-refractivity contribution < 1.29 is 38.2 Å². The predicted octanol–water partition coefficient (Wildman–Crippen LogP) is 1.97. The molecule has 0 bridgehead atoms. The van der Waals surface area contributed by atoms with Gasteiger partial charge < -0.3 is 24.3 Å². The maximum absolute atomic E-state index is 11.9. The average Bonchev–Trinajstić information content (AvgIpc) is 2.42. The van der Waals surface area contributed by atoms with E-state index in [4.69, 9.17) is 4.74 Å². The zero-order valence-electron chi connectivity index (χ0n) is 13.2. The highest BCUT2D eigenvalue weighted by Crippen LogP contribution is 2.69. The zero-order chi connectivity index (χ0) is 18.6. The van der Waals surface area contributed by atoms with Crippen molar-refractivity contribution in [3.8, 4) is 0 Å². The molecular weight excluding hydrogens is 360 g/mol. The summed E-state index contributed by atoms with van der Waals surface area (Å²) >= 11 is 0. The van der Waals surface area contributed by atoms with E-state index in [1.54, 1.807) is 35.6 Å². The van der Waals surface area contributed by atoms with E-state index < -0.39 is 38.6 Å². The summed E-state index contributed by atoms with van der Waals surface area (Å²) < 4.78 is 28.4. The molecule has 24 heavy (non-hydrogen) atoms. The molecule has 0 saturated heterocycles. The number of alkyl carbamates (subject to hydrolysis) is 1. The Hall–Kier alpha value is -1.21. The first-order chi connectivity index (χ1) is 10.9. The Balaban J connectivity index is 3.01. The maximum atomic E-state index is 11.9. The van der Waals surface area contributed by atoms with Gasteiger partial charge >= 0.3 is 21.3 Å². The molecule has 0 aliphatic rings. The smallest absolute Gasteiger partial charge is 0.408 e. The minimum absolute atomic E-state index is 0.216. The molecule has 0 atom stereocenters. The van der Waals surface area contributed by atoms with Crippen molar-refractivity contribution in [3.63, 3.8) is 0 Å². The first kappa shape index (κ1) is 20.8.